The highest BCUT2D eigenvalue weighted by molar-refractivity contribution is 7.90. The predicted octanol–water partition coefficient (Wildman–Crippen LogP) is 3.10. The first kappa shape index (κ1) is 16.1. The second-order valence-corrected chi connectivity index (χ2v) is 8.38. The van der Waals surface area contributed by atoms with Gasteiger partial charge in [0, 0.05) is 11.5 Å². The summed E-state index contributed by atoms with van der Waals surface area (Å²) in [6, 6.07) is 12.9. The first-order valence-electron chi connectivity index (χ1n) is 8.55. The zero-order chi connectivity index (χ0) is 18.6. The molecule has 0 spiro atoms. The summed E-state index contributed by atoms with van der Waals surface area (Å²) in [5.41, 5.74) is 0.621. The number of oxazole rings is 1. The number of H-pyrrole nitrogens is 1. The Labute approximate surface area is 154 Å². The Morgan fingerprint density at radius 1 is 1.07 bits per heavy atom. The highest BCUT2D eigenvalue weighted by atomic mass is 32.2. The van der Waals surface area contributed by atoms with Crippen molar-refractivity contribution < 1.29 is 12.8 Å². The number of hydrogen-bond acceptors (Lipinski definition) is 5. The van der Waals surface area contributed by atoms with Gasteiger partial charge in [-0.15, -0.1) is 0 Å². The molecular weight excluding hydrogens is 366 g/mol. The first-order chi connectivity index (χ1) is 13.0. The molecule has 0 aliphatic heterocycles. The van der Waals surface area contributed by atoms with E-state index < -0.39 is 15.6 Å². The Kier molecular flexibility index (Phi) is 3.38. The van der Waals surface area contributed by atoms with Crippen molar-refractivity contribution >= 4 is 20.9 Å². The quantitative estimate of drug-likeness (QED) is 0.586. The normalized spacial score (nSPS) is 14.7. The molecule has 8 heteroatoms. The van der Waals surface area contributed by atoms with Crippen LogP contribution in [0.3, 0.4) is 0 Å². The fourth-order valence-electron chi connectivity index (χ4n) is 3.08. The van der Waals surface area contributed by atoms with Crippen molar-refractivity contribution in [1.82, 2.24) is 14.2 Å². The summed E-state index contributed by atoms with van der Waals surface area (Å²) in [7, 11) is -3.93. The summed E-state index contributed by atoms with van der Waals surface area (Å²) in [6.07, 6.45) is 3.86. The third-order valence-electron chi connectivity index (χ3n) is 4.70. The monoisotopic (exact) mass is 381 g/mol. The van der Waals surface area contributed by atoms with Gasteiger partial charge < -0.3 is 4.42 Å². The van der Waals surface area contributed by atoms with E-state index in [1.807, 2.05) is 0 Å². The van der Waals surface area contributed by atoms with E-state index in [-0.39, 0.29) is 4.90 Å². The van der Waals surface area contributed by atoms with E-state index in [4.69, 9.17) is 4.42 Å². The van der Waals surface area contributed by atoms with E-state index in [9.17, 15) is 13.2 Å². The second kappa shape index (κ2) is 5.68. The van der Waals surface area contributed by atoms with E-state index in [0.29, 0.717) is 22.6 Å². The van der Waals surface area contributed by atoms with E-state index >= 15 is 0 Å². The first-order valence-corrected chi connectivity index (χ1v) is 9.99. The molecule has 2 aromatic heterocycles. The SMILES string of the molecule is O=c1[nH]n(S(=O)(=O)c2ccc(-c3cnc(C4CC4)o3)cc2)c2ccccc12. The van der Waals surface area contributed by atoms with Gasteiger partial charge in [-0.25, -0.2) is 10.1 Å². The summed E-state index contributed by atoms with van der Waals surface area (Å²) < 4.78 is 32.6. The topological polar surface area (TPSA) is 98.0 Å². The molecule has 0 saturated heterocycles. The molecule has 27 heavy (non-hydrogen) atoms. The molecule has 1 aliphatic carbocycles. The van der Waals surface area contributed by atoms with E-state index in [2.05, 4.69) is 10.1 Å². The highest BCUT2D eigenvalue weighted by Crippen LogP contribution is 2.40. The number of nitrogens with zero attached hydrogens (tertiary/aromatic N) is 2. The highest BCUT2D eigenvalue weighted by Gasteiger charge is 2.28. The molecule has 4 aromatic rings. The number of para-hydroxylation sites is 1. The summed E-state index contributed by atoms with van der Waals surface area (Å²) >= 11 is 0. The van der Waals surface area contributed by atoms with Crippen LogP contribution in [0.1, 0.15) is 24.7 Å². The standard InChI is InChI=1S/C19H15N3O4S/c23-18-15-3-1-2-4-16(15)22(21-18)27(24,25)14-9-7-12(8-10-14)17-11-20-19(26-17)13-5-6-13/h1-4,7-11,13H,5-6H2,(H,21,23). The van der Waals surface area contributed by atoms with Crippen LogP contribution in [0.25, 0.3) is 22.2 Å². The van der Waals surface area contributed by atoms with Crippen molar-refractivity contribution in [2.45, 2.75) is 23.7 Å². The third kappa shape index (κ3) is 2.60. The van der Waals surface area contributed by atoms with Gasteiger partial charge in [0.1, 0.15) is 0 Å². The zero-order valence-electron chi connectivity index (χ0n) is 14.1. The average molecular weight is 381 g/mol. The largest absolute Gasteiger partial charge is 0.440 e. The number of rotatable bonds is 4. The van der Waals surface area contributed by atoms with Gasteiger partial charge >= 0.3 is 0 Å². The molecule has 0 radical (unpaired) electrons. The molecule has 2 aromatic carbocycles. The molecule has 5 rings (SSSR count). The molecular formula is C19H15N3O4S. The number of hydrogen-bond donors (Lipinski definition) is 1. The van der Waals surface area contributed by atoms with Crippen LogP contribution < -0.4 is 5.56 Å². The Morgan fingerprint density at radius 3 is 2.56 bits per heavy atom. The Hall–Kier alpha value is -3.13. The molecule has 0 unspecified atom stereocenters. The molecule has 1 aliphatic rings. The lowest BCUT2D eigenvalue weighted by Crippen LogP contribution is -2.16. The molecule has 0 amide bonds. The van der Waals surface area contributed by atoms with E-state index in [0.717, 1.165) is 28.4 Å². The van der Waals surface area contributed by atoms with Gasteiger partial charge in [0.15, 0.2) is 11.7 Å². The number of aromatic nitrogens is 3. The maximum absolute atomic E-state index is 13.0. The van der Waals surface area contributed by atoms with Crippen LogP contribution in [0.2, 0.25) is 0 Å². The van der Waals surface area contributed by atoms with Crippen LogP contribution in [0.4, 0.5) is 0 Å². The minimum atomic E-state index is -3.93. The Bertz CT molecular complexity index is 1310. The van der Waals surface area contributed by atoms with E-state index in [1.165, 1.54) is 12.1 Å². The molecule has 1 fully saturated rings. The van der Waals surface area contributed by atoms with E-state index in [1.54, 1.807) is 42.6 Å². The summed E-state index contributed by atoms with van der Waals surface area (Å²) in [5, 5.41) is 2.73. The van der Waals surface area contributed by atoms with Crippen LogP contribution >= 0.6 is 0 Å². The fourth-order valence-corrected chi connectivity index (χ4v) is 4.39. The van der Waals surface area contributed by atoms with Gasteiger partial charge in [0.05, 0.1) is 22.0 Å². The van der Waals surface area contributed by atoms with Gasteiger partial charge in [-0.3, -0.25) is 4.79 Å². The van der Waals surface area contributed by atoms with Crippen LogP contribution in [0.5, 0.6) is 0 Å². The number of nitrogens with one attached hydrogen (secondary N) is 1. The molecule has 0 atom stereocenters. The molecule has 1 N–H and O–H groups in total. The van der Waals surface area contributed by atoms with Gasteiger partial charge in [-0.05, 0) is 49.2 Å². The molecule has 136 valence electrons. The second-order valence-electron chi connectivity index (χ2n) is 6.59. The summed E-state index contributed by atoms with van der Waals surface area (Å²) in [5.74, 6) is 1.76. The van der Waals surface area contributed by atoms with Crippen LogP contribution in [0, 0.1) is 0 Å². The Balaban J connectivity index is 1.54. The number of fused-ring (bicyclic) bond motifs is 1. The maximum Gasteiger partial charge on any atom is 0.281 e. The minimum Gasteiger partial charge on any atom is -0.440 e. The number of aromatic amines is 1. The zero-order valence-corrected chi connectivity index (χ0v) is 14.9. The average Bonchev–Trinajstić information content (AvgIpc) is 3.31. The molecule has 2 heterocycles. The van der Waals surface area contributed by atoms with Crippen molar-refractivity contribution in [1.29, 1.82) is 0 Å². The summed E-state index contributed by atoms with van der Waals surface area (Å²) in [4.78, 5) is 16.4. The lowest BCUT2D eigenvalue weighted by Gasteiger charge is -2.07. The van der Waals surface area contributed by atoms with Gasteiger partial charge in [-0.1, -0.05) is 12.1 Å². The van der Waals surface area contributed by atoms with Crippen LogP contribution in [-0.2, 0) is 10.0 Å². The van der Waals surface area contributed by atoms with Gasteiger partial charge in [0.25, 0.3) is 15.6 Å². The van der Waals surface area contributed by atoms with Gasteiger partial charge in [-0.2, -0.15) is 12.5 Å². The number of benzene rings is 2. The fraction of sp³-hybridized carbons (Fsp3) is 0.158. The van der Waals surface area contributed by atoms with Crippen LogP contribution in [0.15, 0.2) is 68.8 Å². The summed E-state index contributed by atoms with van der Waals surface area (Å²) in [6.45, 7) is 0. The van der Waals surface area contributed by atoms with Crippen molar-refractivity contribution in [3.8, 4) is 11.3 Å². The third-order valence-corrected chi connectivity index (χ3v) is 6.33. The molecule has 7 nitrogen and oxygen atoms in total. The van der Waals surface area contributed by atoms with Crippen molar-refractivity contribution in [2.24, 2.45) is 0 Å². The Morgan fingerprint density at radius 2 is 1.81 bits per heavy atom. The maximum atomic E-state index is 13.0. The molecule has 0 bridgehead atoms. The lowest BCUT2D eigenvalue weighted by molar-refractivity contribution is 0.509. The predicted molar refractivity (Wildman–Crippen MR) is 99.1 cm³/mol. The van der Waals surface area contributed by atoms with Gasteiger partial charge in [0.2, 0.25) is 0 Å². The van der Waals surface area contributed by atoms with Crippen molar-refractivity contribution in [2.75, 3.05) is 0 Å². The van der Waals surface area contributed by atoms with Crippen molar-refractivity contribution in [3.63, 3.8) is 0 Å². The smallest absolute Gasteiger partial charge is 0.281 e. The van der Waals surface area contributed by atoms with Crippen molar-refractivity contribution in [3.05, 3.63) is 71.0 Å². The van der Waals surface area contributed by atoms with Crippen LogP contribution in [-0.4, -0.2) is 22.6 Å². The minimum absolute atomic E-state index is 0.0742. The lowest BCUT2D eigenvalue weighted by atomic mass is 10.2. The molecule has 1 saturated carbocycles.